The van der Waals surface area contributed by atoms with Crippen molar-refractivity contribution in [3.8, 4) is 0 Å². The average Bonchev–Trinajstić information content (AvgIpc) is 2.42. The summed E-state index contributed by atoms with van der Waals surface area (Å²) < 4.78 is 0. The highest BCUT2D eigenvalue weighted by Crippen LogP contribution is 2.29. The summed E-state index contributed by atoms with van der Waals surface area (Å²) in [6.45, 7) is -0.310. The van der Waals surface area contributed by atoms with Crippen molar-refractivity contribution in [2.24, 2.45) is 5.73 Å². The molecular formula is C12H16N2O3. The maximum absolute atomic E-state index is 12.0. The summed E-state index contributed by atoms with van der Waals surface area (Å²) in [5.41, 5.74) is 7.66. The lowest BCUT2D eigenvalue weighted by Crippen LogP contribution is -2.44. The first kappa shape index (κ1) is 11.9. The molecule has 0 saturated heterocycles. The maximum atomic E-state index is 12.0. The highest BCUT2D eigenvalue weighted by molar-refractivity contribution is 5.87. The molecule has 1 aliphatic carbocycles. The van der Waals surface area contributed by atoms with Gasteiger partial charge in [0.2, 0.25) is 5.91 Å². The van der Waals surface area contributed by atoms with Gasteiger partial charge in [0.15, 0.2) is 0 Å². The molecule has 2 rings (SSSR count). The molecule has 3 N–H and O–H groups in total. The fourth-order valence-corrected chi connectivity index (χ4v) is 2.30. The Hall–Kier alpha value is -1.62. The van der Waals surface area contributed by atoms with Crippen LogP contribution in [-0.2, 0) is 9.59 Å². The van der Waals surface area contributed by atoms with Crippen LogP contribution < -0.4 is 5.73 Å². The molecule has 17 heavy (non-hydrogen) atoms. The Labute approximate surface area is 99.6 Å². The van der Waals surface area contributed by atoms with Gasteiger partial charge in [-0.1, -0.05) is 6.08 Å². The van der Waals surface area contributed by atoms with Gasteiger partial charge in [-0.15, -0.1) is 0 Å². The van der Waals surface area contributed by atoms with Crippen molar-refractivity contribution in [3.63, 3.8) is 0 Å². The first-order chi connectivity index (χ1) is 8.09. The predicted octanol–water partition coefficient (Wildman–Crippen LogP) is 0.625. The van der Waals surface area contributed by atoms with Gasteiger partial charge in [0.1, 0.15) is 6.54 Å². The van der Waals surface area contributed by atoms with Crippen molar-refractivity contribution in [1.82, 2.24) is 4.90 Å². The predicted molar refractivity (Wildman–Crippen MR) is 62.0 cm³/mol. The lowest BCUT2D eigenvalue weighted by atomic mass is 9.97. The molecule has 1 unspecified atom stereocenters. The highest BCUT2D eigenvalue weighted by atomic mass is 16.4. The highest BCUT2D eigenvalue weighted by Gasteiger charge is 2.30. The number of hydrogen-bond donors (Lipinski definition) is 2. The van der Waals surface area contributed by atoms with E-state index in [9.17, 15) is 9.59 Å². The average molecular weight is 236 g/mol. The van der Waals surface area contributed by atoms with Crippen molar-refractivity contribution in [2.45, 2.75) is 31.7 Å². The van der Waals surface area contributed by atoms with Crippen molar-refractivity contribution >= 4 is 11.9 Å². The van der Waals surface area contributed by atoms with Gasteiger partial charge in [0.05, 0.1) is 6.04 Å². The minimum absolute atomic E-state index is 0.288. The summed E-state index contributed by atoms with van der Waals surface area (Å²) in [7, 11) is 0. The largest absolute Gasteiger partial charge is 0.480 e. The quantitative estimate of drug-likeness (QED) is 0.736. The third kappa shape index (κ3) is 2.39. The van der Waals surface area contributed by atoms with Crippen molar-refractivity contribution in [1.29, 1.82) is 0 Å². The van der Waals surface area contributed by atoms with Crippen LogP contribution in [0, 0.1) is 0 Å². The summed E-state index contributed by atoms with van der Waals surface area (Å²) in [5, 5.41) is 8.87. The zero-order valence-corrected chi connectivity index (χ0v) is 9.56. The molecule has 2 aliphatic rings. The van der Waals surface area contributed by atoms with Gasteiger partial charge in [-0.3, -0.25) is 14.5 Å². The van der Waals surface area contributed by atoms with Crippen LogP contribution in [0.25, 0.3) is 0 Å². The molecule has 5 nitrogen and oxygen atoms in total. The van der Waals surface area contributed by atoms with E-state index in [-0.39, 0.29) is 12.5 Å². The number of nitrogens with two attached hydrogens (primary N) is 1. The molecule has 0 aromatic heterocycles. The number of hydrogen-bond acceptors (Lipinski definition) is 3. The van der Waals surface area contributed by atoms with Gasteiger partial charge < -0.3 is 10.8 Å². The second kappa shape index (κ2) is 4.71. The van der Waals surface area contributed by atoms with E-state index in [1.54, 1.807) is 0 Å². The molecule has 5 heteroatoms. The van der Waals surface area contributed by atoms with E-state index in [1.165, 1.54) is 4.90 Å². The Kier molecular flexibility index (Phi) is 3.28. The van der Waals surface area contributed by atoms with Crippen LogP contribution in [0.5, 0.6) is 0 Å². The number of aliphatic carboxylic acids is 1. The second-order valence-electron chi connectivity index (χ2n) is 4.39. The fourth-order valence-electron chi connectivity index (χ4n) is 2.30. The van der Waals surface area contributed by atoms with Crippen LogP contribution in [-0.4, -0.2) is 34.5 Å². The summed E-state index contributed by atoms with van der Waals surface area (Å²) in [5.74, 6) is -1.30. The molecule has 1 atom stereocenters. The third-order valence-electron chi connectivity index (χ3n) is 3.18. The van der Waals surface area contributed by atoms with E-state index in [0.29, 0.717) is 6.42 Å². The van der Waals surface area contributed by atoms with Crippen molar-refractivity contribution < 1.29 is 14.7 Å². The molecule has 1 aliphatic heterocycles. The molecule has 0 spiro atoms. The molecule has 1 heterocycles. The molecule has 1 amide bonds. The Bertz CT molecular complexity index is 412. The molecule has 0 saturated carbocycles. The second-order valence-corrected chi connectivity index (χ2v) is 4.39. The molecule has 0 bridgehead atoms. The number of amides is 1. The lowest BCUT2D eigenvalue weighted by Gasteiger charge is -2.25. The SMILES string of the molecule is NC1CCC2=C(C=CCC2)N(CC(=O)O)C1=O. The van der Waals surface area contributed by atoms with Gasteiger partial charge in [-0.2, -0.15) is 0 Å². The summed E-state index contributed by atoms with van der Waals surface area (Å²) in [4.78, 5) is 24.1. The van der Waals surface area contributed by atoms with Crippen LogP contribution in [0.3, 0.4) is 0 Å². The van der Waals surface area contributed by atoms with E-state index < -0.39 is 12.0 Å². The summed E-state index contributed by atoms with van der Waals surface area (Å²) in [6, 6.07) is -0.589. The number of rotatable bonds is 2. The van der Waals surface area contributed by atoms with Crippen LogP contribution in [0.1, 0.15) is 25.7 Å². The van der Waals surface area contributed by atoms with Gasteiger partial charge in [0.25, 0.3) is 0 Å². The number of carbonyl (C=O) groups is 2. The first-order valence-corrected chi connectivity index (χ1v) is 5.77. The van der Waals surface area contributed by atoms with E-state index in [1.807, 2.05) is 12.2 Å². The molecule has 0 fully saturated rings. The Balaban J connectivity index is 2.35. The molecule has 0 aromatic carbocycles. The number of carbonyl (C=O) groups excluding carboxylic acids is 1. The van der Waals surface area contributed by atoms with Gasteiger partial charge in [-0.25, -0.2) is 0 Å². The van der Waals surface area contributed by atoms with Gasteiger partial charge in [-0.05, 0) is 37.3 Å². The van der Waals surface area contributed by atoms with E-state index in [4.69, 9.17) is 10.8 Å². The third-order valence-corrected chi connectivity index (χ3v) is 3.18. The standard InChI is InChI=1S/C12H16N2O3/c13-9-6-5-8-3-1-2-4-10(8)14(12(9)17)7-11(15)16/h2,4,9H,1,3,5-7,13H2,(H,15,16). The lowest BCUT2D eigenvalue weighted by molar-refractivity contribution is -0.143. The maximum Gasteiger partial charge on any atom is 0.323 e. The number of carboxylic acid groups (broad SMARTS) is 1. The minimum Gasteiger partial charge on any atom is -0.480 e. The fraction of sp³-hybridized carbons (Fsp3) is 0.500. The van der Waals surface area contributed by atoms with Gasteiger partial charge in [0, 0.05) is 5.70 Å². The van der Waals surface area contributed by atoms with Crippen LogP contribution in [0.4, 0.5) is 0 Å². The minimum atomic E-state index is -1.02. The normalized spacial score (nSPS) is 24.6. The first-order valence-electron chi connectivity index (χ1n) is 5.77. The van der Waals surface area contributed by atoms with Gasteiger partial charge >= 0.3 is 5.97 Å². The number of allylic oxidation sites excluding steroid dienone is 3. The molecular weight excluding hydrogens is 220 g/mol. The van der Waals surface area contributed by atoms with E-state index in [2.05, 4.69) is 0 Å². The smallest absolute Gasteiger partial charge is 0.323 e. The molecule has 0 radical (unpaired) electrons. The van der Waals surface area contributed by atoms with Crippen LogP contribution >= 0.6 is 0 Å². The summed E-state index contributed by atoms with van der Waals surface area (Å²) >= 11 is 0. The number of nitrogens with zero attached hydrogens (tertiary/aromatic N) is 1. The van der Waals surface area contributed by atoms with Crippen molar-refractivity contribution in [3.05, 3.63) is 23.4 Å². The number of carboxylic acids is 1. The van der Waals surface area contributed by atoms with Crippen molar-refractivity contribution in [2.75, 3.05) is 6.54 Å². The zero-order chi connectivity index (χ0) is 12.4. The Morgan fingerprint density at radius 2 is 2.29 bits per heavy atom. The monoisotopic (exact) mass is 236 g/mol. The Morgan fingerprint density at radius 3 is 3.00 bits per heavy atom. The van der Waals surface area contributed by atoms with E-state index in [0.717, 1.165) is 30.5 Å². The topological polar surface area (TPSA) is 83.6 Å². The zero-order valence-electron chi connectivity index (χ0n) is 9.56. The Morgan fingerprint density at radius 1 is 1.53 bits per heavy atom. The molecule has 0 aromatic rings. The van der Waals surface area contributed by atoms with Crippen LogP contribution in [0.15, 0.2) is 23.4 Å². The van der Waals surface area contributed by atoms with Crippen LogP contribution in [0.2, 0.25) is 0 Å². The molecule has 92 valence electrons. The van der Waals surface area contributed by atoms with E-state index >= 15 is 0 Å². The summed E-state index contributed by atoms with van der Waals surface area (Å²) in [6.07, 6.45) is 7.03.